The summed E-state index contributed by atoms with van der Waals surface area (Å²) in [5.41, 5.74) is 0. The summed E-state index contributed by atoms with van der Waals surface area (Å²) >= 11 is 0. The Morgan fingerprint density at radius 2 is 1.65 bits per heavy atom. The fourth-order valence-electron chi connectivity index (χ4n) is 2.61. The van der Waals surface area contributed by atoms with Crippen molar-refractivity contribution in [3.05, 3.63) is 0 Å². The lowest BCUT2D eigenvalue weighted by Crippen LogP contribution is -2.30. The highest BCUT2D eigenvalue weighted by molar-refractivity contribution is 4.80. The van der Waals surface area contributed by atoms with Gasteiger partial charge in [-0.15, -0.1) is 0 Å². The van der Waals surface area contributed by atoms with Gasteiger partial charge in [-0.25, -0.2) is 5.32 Å². The molecule has 0 aromatic carbocycles. The van der Waals surface area contributed by atoms with E-state index in [1.54, 1.807) is 5.32 Å². The van der Waals surface area contributed by atoms with Gasteiger partial charge in [0.25, 0.3) is 0 Å². The van der Waals surface area contributed by atoms with Crippen LogP contribution >= 0.6 is 0 Å². The Hall–Kier alpha value is -1.26. The zero-order valence-corrected chi connectivity index (χ0v) is 13.4. The van der Waals surface area contributed by atoms with Gasteiger partial charge < -0.3 is 4.90 Å². The summed E-state index contributed by atoms with van der Waals surface area (Å²) in [5.74, 6) is 0.921. The summed E-state index contributed by atoms with van der Waals surface area (Å²) in [6.07, 6.45) is 12.8. The standard InChI is InChI=1S/C14H29N.C2HN3/c1-4-5-6-7-8-9-11-15-12-10-13(2)14(15)3;3-1-5-2-4/h13-14H,4-12H2,1-3H3;5H. The predicted octanol–water partition coefficient (Wildman–Crippen LogP) is 3.62. The molecule has 4 nitrogen and oxygen atoms in total. The van der Waals surface area contributed by atoms with Crippen molar-refractivity contribution in [2.24, 2.45) is 5.92 Å². The molecule has 2 unspecified atom stereocenters. The second-order valence-corrected chi connectivity index (χ2v) is 5.66. The van der Waals surface area contributed by atoms with E-state index in [1.807, 2.05) is 0 Å². The third kappa shape index (κ3) is 8.77. The highest BCUT2D eigenvalue weighted by Crippen LogP contribution is 2.23. The third-order valence-electron chi connectivity index (χ3n) is 4.18. The topological polar surface area (TPSA) is 62.9 Å². The van der Waals surface area contributed by atoms with Crippen molar-refractivity contribution >= 4 is 0 Å². The first-order valence-electron chi connectivity index (χ1n) is 7.94. The molecule has 1 fully saturated rings. The first-order chi connectivity index (χ1) is 9.67. The number of hydrogen-bond acceptors (Lipinski definition) is 4. The van der Waals surface area contributed by atoms with Crippen LogP contribution < -0.4 is 5.32 Å². The van der Waals surface area contributed by atoms with Crippen LogP contribution in [0, 0.1) is 28.8 Å². The van der Waals surface area contributed by atoms with Gasteiger partial charge in [-0.1, -0.05) is 46.0 Å². The summed E-state index contributed by atoms with van der Waals surface area (Å²) < 4.78 is 0. The Morgan fingerprint density at radius 3 is 2.10 bits per heavy atom. The highest BCUT2D eigenvalue weighted by atomic mass is 15.2. The smallest absolute Gasteiger partial charge is 0.190 e. The van der Waals surface area contributed by atoms with Crippen LogP contribution in [-0.2, 0) is 0 Å². The molecule has 0 radical (unpaired) electrons. The number of nitriles is 2. The van der Waals surface area contributed by atoms with Crippen molar-refractivity contribution in [2.45, 2.75) is 71.8 Å². The van der Waals surface area contributed by atoms with E-state index in [-0.39, 0.29) is 0 Å². The molecule has 0 aromatic rings. The maximum Gasteiger partial charge on any atom is 0.190 e. The molecule has 0 aliphatic carbocycles. The normalized spacial score (nSPS) is 21.4. The van der Waals surface area contributed by atoms with E-state index in [9.17, 15) is 0 Å². The van der Waals surface area contributed by atoms with Gasteiger partial charge in [0.05, 0.1) is 0 Å². The maximum atomic E-state index is 7.48. The fraction of sp³-hybridized carbons (Fsp3) is 0.875. The minimum Gasteiger partial charge on any atom is -0.300 e. The molecule has 4 heteroatoms. The quantitative estimate of drug-likeness (QED) is 0.439. The van der Waals surface area contributed by atoms with E-state index < -0.39 is 0 Å². The summed E-state index contributed by atoms with van der Waals surface area (Å²) in [4.78, 5) is 2.69. The Kier molecular flexibility index (Phi) is 12.0. The van der Waals surface area contributed by atoms with Crippen molar-refractivity contribution < 1.29 is 0 Å². The van der Waals surface area contributed by atoms with Crippen LogP contribution in [0.15, 0.2) is 0 Å². The lowest BCUT2D eigenvalue weighted by Gasteiger charge is -2.22. The number of rotatable bonds is 7. The summed E-state index contributed by atoms with van der Waals surface area (Å²) in [7, 11) is 0. The second kappa shape index (κ2) is 12.8. The van der Waals surface area contributed by atoms with Crippen LogP contribution in [0.3, 0.4) is 0 Å². The molecule has 1 rings (SSSR count). The summed E-state index contributed by atoms with van der Waals surface area (Å²) in [6.45, 7) is 9.77. The summed E-state index contributed by atoms with van der Waals surface area (Å²) in [5, 5.41) is 16.7. The lowest BCUT2D eigenvalue weighted by molar-refractivity contribution is 0.242. The van der Waals surface area contributed by atoms with Crippen LogP contribution in [-0.4, -0.2) is 24.0 Å². The molecule has 1 aliphatic rings. The van der Waals surface area contributed by atoms with Crippen LogP contribution in [0.25, 0.3) is 0 Å². The molecular weight excluding hydrogens is 248 g/mol. The van der Waals surface area contributed by atoms with Crippen LogP contribution in [0.5, 0.6) is 0 Å². The van der Waals surface area contributed by atoms with Gasteiger partial charge in [0, 0.05) is 6.04 Å². The monoisotopic (exact) mass is 278 g/mol. The van der Waals surface area contributed by atoms with Crippen LogP contribution in [0.2, 0.25) is 0 Å². The lowest BCUT2D eigenvalue weighted by atomic mass is 10.1. The highest BCUT2D eigenvalue weighted by Gasteiger charge is 2.26. The van der Waals surface area contributed by atoms with Gasteiger partial charge in [0.1, 0.15) is 0 Å². The molecule has 114 valence electrons. The van der Waals surface area contributed by atoms with Crippen LogP contribution in [0.4, 0.5) is 0 Å². The van der Waals surface area contributed by atoms with E-state index in [0.29, 0.717) is 0 Å². The van der Waals surface area contributed by atoms with E-state index in [0.717, 1.165) is 12.0 Å². The zero-order valence-electron chi connectivity index (χ0n) is 13.4. The molecule has 1 saturated heterocycles. The second-order valence-electron chi connectivity index (χ2n) is 5.66. The predicted molar refractivity (Wildman–Crippen MR) is 82.6 cm³/mol. The van der Waals surface area contributed by atoms with Gasteiger partial charge in [0.2, 0.25) is 0 Å². The minimum atomic E-state index is 0.834. The first kappa shape index (κ1) is 18.7. The molecule has 0 bridgehead atoms. The van der Waals surface area contributed by atoms with Gasteiger partial charge in [-0.05, 0) is 38.8 Å². The molecule has 1 aliphatic heterocycles. The zero-order chi connectivity index (χ0) is 15.2. The molecular formula is C16H30N4. The number of unbranched alkanes of at least 4 members (excludes halogenated alkanes) is 5. The average Bonchev–Trinajstić information content (AvgIpc) is 2.76. The van der Waals surface area contributed by atoms with E-state index in [4.69, 9.17) is 10.5 Å². The van der Waals surface area contributed by atoms with E-state index in [2.05, 4.69) is 25.7 Å². The third-order valence-corrected chi connectivity index (χ3v) is 4.18. The largest absolute Gasteiger partial charge is 0.300 e. The minimum absolute atomic E-state index is 0.834. The fourth-order valence-corrected chi connectivity index (χ4v) is 2.61. The van der Waals surface area contributed by atoms with Gasteiger partial charge in [-0.2, -0.15) is 10.5 Å². The van der Waals surface area contributed by atoms with Crippen molar-refractivity contribution in [1.82, 2.24) is 10.2 Å². The van der Waals surface area contributed by atoms with Crippen molar-refractivity contribution in [1.29, 1.82) is 10.5 Å². The van der Waals surface area contributed by atoms with E-state index in [1.165, 1.54) is 70.4 Å². The van der Waals surface area contributed by atoms with Crippen molar-refractivity contribution in [3.63, 3.8) is 0 Å². The first-order valence-corrected chi connectivity index (χ1v) is 7.94. The Bertz CT molecular complexity index is 291. The Morgan fingerprint density at radius 1 is 1.05 bits per heavy atom. The molecule has 1 heterocycles. The Labute approximate surface area is 124 Å². The molecule has 1 N–H and O–H groups in total. The molecule has 0 saturated carbocycles. The van der Waals surface area contributed by atoms with Crippen molar-refractivity contribution in [2.75, 3.05) is 13.1 Å². The number of likely N-dealkylation sites (tertiary alicyclic amines) is 1. The Balaban J connectivity index is 0.000000621. The van der Waals surface area contributed by atoms with E-state index >= 15 is 0 Å². The summed E-state index contributed by atoms with van der Waals surface area (Å²) in [6, 6.07) is 0.834. The van der Waals surface area contributed by atoms with Gasteiger partial charge in [-0.3, -0.25) is 0 Å². The van der Waals surface area contributed by atoms with Crippen molar-refractivity contribution in [3.8, 4) is 12.4 Å². The average molecular weight is 278 g/mol. The molecule has 0 amide bonds. The number of hydrogen-bond donors (Lipinski definition) is 1. The molecule has 0 spiro atoms. The number of nitrogens with one attached hydrogen (secondary N) is 1. The SMILES string of the molecule is CCCCCCCCN1CCC(C)C1C.N#CNC#N. The maximum absolute atomic E-state index is 7.48. The molecule has 0 aromatic heterocycles. The number of nitrogens with zero attached hydrogens (tertiary/aromatic N) is 3. The molecule has 2 atom stereocenters. The van der Waals surface area contributed by atoms with Gasteiger partial charge >= 0.3 is 0 Å². The van der Waals surface area contributed by atoms with Gasteiger partial charge in [0.15, 0.2) is 12.4 Å². The van der Waals surface area contributed by atoms with Crippen LogP contribution in [0.1, 0.15) is 65.7 Å². The molecule has 20 heavy (non-hydrogen) atoms.